The summed E-state index contributed by atoms with van der Waals surface area (Å²) in [5, 5.41) is 3.34. The van der Waals surface area contributed by atoms with E-state index < -0.39 is 26.6 Å². The Morgan fingerprint density at radius 2 is 2.00 bits per heavy atom. The molecule has 4 nitrogen and oxygen atoms in total. The topological polar surface area (TPSA) is 49.4 Å². The third kappa shape index (κ3) is 3.06. The summed E-state index contributed by atoms with van der Waals surface area (Å²) in [4.78, 5) is -0.568. The van der Waals surface area contributed by atoms with Crippen molar-refractivity contribution in [2.75, 3.05) is 19.6 Å². The number of nitrogens with one attached hydrogen (secondary N) is 1. The quantitative estimate of drug-likeness (QED) is 0.894. The van der Waals surface area contributed by atoms with Crippen LogP contribution in [0.4, 0.5) is 8.78 Å². The van der Waals surface area contributed by atoms with Gasteiger partial charge in [-0.25, -0.2) is 17.2 Å². The summed E-state index contributed by atoms with van der Waals surface area (Å²) >= 11 is 0. The third-order valence-corrected chi connectivity index (χ3v) is 6.01. The predicted octanol–water partition coefficient (Wildman–Crippen LogP) is 1.76. The third-order valence-electron chi connectivity index (χ3n) is 4.13. The minimum absolute atomic E-state index is 0. The van der Waals surface area contributed by atoms with E-state index >= 15 is 0 Å². The van der Waals surface area contributed by atoms with E-state index in [0.29, 0.717) is 25.6 Å². The molecule has 8 heteroatoms. The number of piperidine rings is 1. The van der Waals surface area contributed by atoms with Crippen molar-refractivity contribution in [2.45, 2.75) is 23.8 Å². The van der Waals surface area contributed by atoms with Crippen LogP contribution in [-0.4, -0.2) is 38.4 Å². The fraction of sp³-hybridized carbons (Fsp3) is 0.538. The van der Waals surface area contributed by atoms with Crippen LogP contribution in [0.2, 0.25) is 0 Å². The van der Waals surface area contributed by atoms with Crippen LogP contribution in [0.1, 0.15) is 12.8 Å². The molecule has 0 amide bonds. The van der Waals surface area contributed by atoms with Crippen LogP contribution in [0.3, 0.4) is 0 Å². The molecule has 1 aromatic carbocycles. The summed E-state index contributed by atoms with van der Waals surface area (Å²) in [5.41, 5.74) is 0. The monoisotopic (exact) mass is 338 g/mol. The van der Waals surface area contributed by atoms with E-state index in [2.05, 4.69) is 5.32 Å². The van der Waals surface area contributed by atoms with Crippen molar-refractivity contribution >= 4 is 22.4 Å². The Morgan fingerprint density at radius 1 is 1.24 bits per heavy atom. The molecular formula is C13H17ClF2N2O2S. The summed E-state index contributed by atoms with van der Waals surface area (Å²) in [7, 11) is -3.96. The molecule has 2 heterocycles. The zero-order valence-electron chi connectivity index (χ0n) is 11.3. The van der Waals surface area contributed by atoms with Gasteiger partial charge in [-0.2, -0.15) is 4.31 Å². The lowest BCUT2D eigenvalue weighted by molar-refractivity contribution is 0.246. The molecule has 2 unspecified atom stereocenters. The Hall–Kier alpha value is -0.760. The van der Waals surface area contributed by atoms with E-state index in [1.54, 1.807) is 0 Å². The Bertz CT molecular complexity index is 627. The van der Waals surface area contributed by atoms with Crippen molar-refractivity contribution in [3.63, 3.8) is 0 Å². The van der Waals surface area contributed by atoms with Gasteiger partial charge in [0.25, 0.3) is 0 Å². The maximum atomic E-state index is 13.7. The van der Waals surface area contributed by atoms with Gasteiger partial charge in [-0.05, 0) is 43.5 Å². The van der Waals surface area contributed by atoms with E-state index in [1.807, 2.05) is 0 Å². The second-order valence-corrected chi connectivity index (χ2v) is 7.24. The van der Waals surface area contributed by atoms with Crippen LogP contribution < -0.4 is 5.32 Å². The zero-order chi connectivity index (χ0) is 14.3. The average Bonchev–Trinajstić information content (AvgIpc) is 2.88. The highest BCUT2D eigenvalue weighted by molar-refractivity contribution is 7.89. The van der Waals surface area contributed by atoms with Crippen LogP contribution in [0.25, 0.3) is 0 Å². The second-order valence-electron chi connectivity index (χ2n) is 5.34. The highest BCUT2D eigenvalue weighted by atomic mass is 35.5. The fourth-order valence-electron chi connectivity index (χ4n) is 3.05. The normalized spacial score (nSPS) is 26.2. The first-order valence-electron chi connectivity index (χ1n) is 6.67. The van der Waals surface area contributed by atoms with Gasteiger partial charge in [0.15, 0.2) is 0 Å². The SMILES string of the molecule is Cl.O=S(=O)(c1cc(F)ccc1F)N1CCC2NCCC2C1. The van der Waals surface area contributed by atoms with Crippen LogP contribution in [0.5, 0.6) is 0 Å². The predicted molar refractivity (Wildman–Crippen MR) is 76.9 cm³/mol. The summed E-state index contributed by atoms with van der Waals surface area (Å²) in [6, 6.07) is 2.87. The molecule has 1 aromatic rings. The number of nitrogens with zero attached hydrogens (tertiary/aromatic N) is 1. The van der Waals surface area contributed by atoms with E-state index in [1.165, 1.54) is 4.31 Å². The van der Waals surface area contributed by atoms with E-state index in [4.69, 9.17) is 0 Å². The van der Waals surface area contributed by atoms with Crippen molar-refractivity contribution in [1.82, 2.24) is 9.62 Å². The van der Waals surface area contributed by atoms with Crippen molar-refractivity contribution in [1.29, 1.82) is 0 Å². The standard InChI is InChI=1S/C13H16F2N2O2S.ClH/c14-10-1-2-11(15)13(7-10)20(18,19)17-6-4-12-9(8-17)3-5-16-12;/h1-2,7,9,12,16H,3-6,8H2;1H. The number of hydrogen-bond donors (Lipinski definition) is 1. The Kier molecular flexibility index (Phi) is 4.87. The number of rotatable bonds is 2. The van der Waals surface area contributed by atoms with Gasteiger partial charge >= 0.3 is 0 Å². The molecule has 2 aliphatic heterocycles. The van der Waals surface area contributed by atoms with Crippen molar-refractivity contribution in [3.05, 3.63) is 29.8 Å². The molecule has 0 radical (unpaired) electrons. The maximum Gasteiger partial charge on any atom is 0.246 e. The fourth-order valence-corrected chi connectivity index (χ4v) is 4.63. The minimum Gasteiger partial charge on any atom is -0.314 e. The van der Waals surface area contributed by atoms with Crippen molar-refractivity contribution in [2.24, 2.45) is 5.92 Å². The Labute approximate surface area is 129 Å². The molecule has 1 N–H and O–H groups in total. The summed E-state index contributed by atoms with van der Waals surface area (Å²) in [6.45, 7) is 1.60. The first kappa shape index (κ1) is 16.6. The molecule has 2 aliphatic rings. The number of halogens is 3. The van der Waals surface area contributed by atoms with Gasteiger partial charge in [-0.15, -0.1) is 12.4 Å². The first-order chi connectivity index (χ1) is 9.48. The van der Waals surface area contributed by atoms with Crippen LogP contribution >= 0.6 is 12.4 Å². The van der Waals surface area contributed by atoms with Crippen LogP contribution in [0.15, 0.2) is 23.1 Å². The van der Waals surface area contributed by atoms with E-state index in [-0.39, 0.29) is 18.3 Å². The zero-order valence-corrected chi connectivity index (χ0v) is 12.9. The highest BCUT2D eigenvalue weighted by Gasteiger charge is 2.38. The highest BCUT2D eigenvalue weighted by Crippen LogP contribution is 2.29. The van der Waals surface area contributed by atoms with Crippen molar-refractivity contribution in [3.8, 4) is 0 Å². The lowest BCUT2D eigenvalue weighted by Gasteiger charge is -2.34. The van der Waals surface area contributed by atoms with Gasteiger partial charge in [-0.1, -0.05) is 0 Å². The molecule has 0 aromatic heterocycles. The first-order valence-corrected chi connectivity index (χ1v) is 8.11. The smallest absolute Gasteiger partial charge is 0.246 e. The van der Waals surface area contributed by atoms with E-state index in [0.717, 1.165) is 31.2 Å². The minimum atomic E-state index is -3.96. The molecule has 118 valence electrons. The lowest BCUT2D eigenvalue weighted by atomic mass is 9.95. The largest absolute Gasteiger partial charge is 0.314 e. The molecule has 0 bridgehead atoms. The molecule has 21 heavy (non-hydrogen) atoms. The molecule has 0 spiro atoms. The van der Waals surface area contributed by atoms with Gasteiger partial charge in [0.2, 0.25) is 10.0 Å². The summed E-state index contributed by atoms with van der Waals surface area (Å²) in [6.07, 6.45) is 1.63. The van der Waals surface area contributed by atoms with Gasteiger partial charge in [0, 0.05) is 19.1 Å². The van der Waals surface area contributed by atoms with Gasteiger partial charge in [0.05, 0.1) is 0 Å². The molecule has 3 rings (SSSR count). The molecule has 0 aliphatic carbocycles. The summed E-state index contributed by atoms with van der Waals surface area (Å²) < 4.78 is 53.1. The van der Waals surface area contributed by atoms with Gasteiger partial charge in [-0.3, -0.25) is 0 Å². The molecular weight excluding hydrogens is 322 g/mol. The number of hydrogen-bond acceptors (Lipinski definition) is 3. The maximum absolute atomic E-state index is 13.7. The summed E-state index contributed by atoms with van der Waals surface area (Å²) in [5.74, 6) is -1.39. The van der Waals surface area contributed by atoms with E-state index in [9.17, 15) is 17.2 Å². The van der Waals surface area contributed by atoms with Crippen LogP contribution in [0, 0.1) is 17.6 Å². The van der Waals surface area contributed by atoms with Gasteiger partial charge in [0.1, 0.15) is 16.5 Å². The molecule has 2 atom stereocenters. The Balaban J connectivity index is 0.00000161. The van der Waals surface area contributed by atoms with Crippen LogP contribution in [-0.2, 0) is 10.0 Å². The molecule has 0 saturated carbocycles. The van der Waals surface area contributed by atoms with Gasteiger partial charge < -0.3 is 5.32 Å². The number of benzene rings is 1. The molecule has 2 fully saturated rings. The Morgan fingerprint density at radius 3 is 2.76 bits per heavy atom. The average molecular weight is 339 g/mol. The lowest BCUT2D eigenvalue weighted by Crippen LogP contribution is -2.46. The molecule has 2 saturated heterocycles. The number of sulfonamides is 1. The van der Waals surface area contributed by atoms with Crippen molar-refractivity contribution < 1.29 is 17.2 Å². The second kappa shape index (κ2) is 6.16. The number of fused-ring (bicyclic) bond motifs is 1.